The molecule has 0 amide bonds. The van der Waals surface area contributed by atoms with Crippen LogP contribution >= 0.6 is 15.9 Å². The predicted molar refractivity (Wildman–Crippen MR) is 89.0 cm³/mol. The summed E-state index contributed by atoms with van der Waals surface area (Å²) in [4.78, 5) is 3.55. The van der Waals surface area contributed by atoms with E-state index in [2.05, 4.69) is 86.9 Å². The molecule has 21 heavy (non-hydrogen) atoms. The van der Waals surface area contributed by atoms with Crippen LogP contribution in [0.25, 0.3) is 5.57 Å². The van der Waals surface area contributed by atoms with Crippen molar-refractivity contribution in [3.8, 4) is 0 Å². The highest BCUT2D eigenvalue weighted by Gasteiger charge is 2.41. The van der Waals surface area contributed by atoms with E-state index in [4.69, 9.17) is 0 Å². The van der Waals surface area contributed by atoms with Gasteiger partial charge in [0.15, 0.2) is 0 Å². The van der Waals surface area contributed by atoms with E-state index in [9.17, 15) is 0 Å². The van der Waals surface area contributed by atoms with Crippen LogP contribution in [-0.4, -0.2) is 17.6 Å². The van der Waals surface area contributed by atoms with Crippen molar-refractivity contribution in [2.75, 3.05) is 0 Å². The molecule has 2 aliphatic heterocycles. The lowest BCUT2D eigenvalue weighted by atomic mass is 9.80. The van der Waals surface area contributed by atoms with Gasteiger partial charge >= 0.3 is 0 Å². The van der Waals surface area contributed by atoms with Gasteiger partial charge in [0.1, 0.15) is 12.0 Å². The Morgan fingerprint density at radius 3 is 2.86 bits per heavy atom. The minimum Gasteiger partial charge on any atom is -0.265 e. The molecule has 0 fully saturated rings. The van der Waals surface area contributed by atoms with Gasteiger partial charge in [-0.05, 0) is 36.3 Å². The third-order valence-electron chi connectivity index (χ3n) is 4.13. The molecule has 1 aromatic carbocycles. The molecule has 1 aliphatic carbocycles. The van der Waals surface area contributed by atoms with Crippen LogP contribution in [0.3, 0.4) is 0 Å². The molecular formula is C17H15BrN3+. The summed E-state index contributed by atoms with van der Waals surface area (Å²) in [7, 11) is 0. The van der Waals surface area contributed by atoms with Crippen molar-refractivity contribution in [1.82, 2.24) is 5.43 Å². The predicted octanol–water partition coefficient (Wildman–Crippen LogP) is 1.75. The third-order valence-corrected chi connectivity index (χ3v) is 4.62. The molecule has 2 heterocycles. The summed E-state index contributed by atoms with van der Waals surface area (Å²) in [6.45, 7) is 2.08. The topological polar surface area (TPSA) is 38.4 Å². The van der Waals surface area contributed by atoms with Gasteiger partial charge in [0.25, 0.3) is 5.84 Å². The SMILES string of the molecule is CC1=NNC2=[NH+][C@H]3C=CC(Br)=CC3=C(c3ccccc3)[C@@H]12. The summed E-state index contributed by atoms with van der Waals surface area (Å²) in [5, 5.41) is 4.41. The lowest BCUT2D eigenvalue weighted by molar-refractivity contribution is -0.482. The third kappa shape index (κ3) is 2.02. The molecule has 2 atom stereocenters. The number of amidine groups is 1. The summed E-state index contributed by atoms with van der Waals surface area (Å²) < 4.78 is 1.10. The molecule has 0 radical (unpaired) electrons. The first-order valence-corrected chi connectivity index (χ1v) is 7.82. The number of hydrogen-bond donors (Lipinski definition) is 2. The molecular weight excluding hydrogens is 326 g/mol. The second-order valence-electron chi connectivity index (χ2n) is 5.46. The molecule has 4 heteroatoms. The van der Waals surface area contributed by atoms with Crippen molar-refractivity contribution < 1.29 is 4.99 Å². The zero-order chi connectivity index (χ0) is 14.4. The Bertz CT molecular complexity index is 753. The molecule has 4 rings (SSSR count). The Balaban J connectivity index is 1.96. The van der Waals surface area contributed by atoms with E-state index >= 15 is 0 Å². The molecule has 0 saturated carbocycles. The zero-order valence-corrected chi connectivity index (χ0v) is 13.2. The van der Waals surface area contributed by atoms with Gasteiger partial charge in [-0.3, -0.25) is 4.99 Å². The molecule has 0 unspecified atom stereocenters. The van der Waals surface area contributed by atoms with Crippen LogP contribution in [0.1, 0.15) is 12.5 Å². The highest BCUT2D eigenvalue weighted by Crippen LogP contribution is 2.35. The maximum Gasteiger partial charge on any atom is 0.282 e. The summed E-state index contributed by atoms with van der Waals surface area (Å²) in [6.07, 6.45) is 6.48. The van der Waals surface area contributed by atoms with Crippen LogP contribution in [0, 0.1) is 5.92 Å². The van der Waals surface area contributed by atoms with E-state index < -0.39 is 0 Å². The van der Waals surface area contributed by atoms with Crippen LogP contribution in [0.2, 0.25) is 0 Å². The number of nitrogens with one attached hydrogen (secondary N) is 2. The molecule has 0 spiro atoms. The zero-order valence-electron chi connectivity index (χ0n) is 11.6. The van der Waals surface area contributed by atoms with Crippen LogP contribution in [0.5, 0.6) is 0 Å². The normalized spacial score (nSPS) is 26.5. The van der Waals surface area contributed by atoms with E-state index in [1.54, 1.807) is 0 Å². The van der Waals surface area contributed by atoms with E-state index in [0.717, 1.165) is 16.0 Å². The molecule has 0 bridgehead atoms. The van der Waals surface area contributed by atoms with Gasteiger partial charge in [-0.15, -0.1) is 0 Å². The van der Waals surface area contributed by atoms with Gasteiger partial charge in [-0.25, -0.2) is 0 Å². The lowest BCUT2D eigenvalue weighted by Gasteiger charge is -2.26. The summed E-state index contributed by atoms with van der Waals surface area (Å²) in [5.41, 5.74) is 8.14. The fourth-order valence-corrected chi connectivity index (χ4v) is 3.59. The van der Waals surface area contributed by atoms with Gasteiger partial charge < -0.3 is 0 Å². The maximum absolute atomic E-state index is 4.41. The highest BCUT2D eigenvalue weighted by atomic mass is 79.9. The van der Waals surface area contributed by atoms with Crippen LogP contribution in [0.4, 0.5) is 0 Å². The van der Waals surface area contributed by atoms with Gasteiger partial charge in [0.2, 0.25) is 0 Å². The van der Waals surface area contributed by atoms with Crippen molar-refractivity contribution >= 4 is 33.1 Å². The van der Waals surface area contributed by atoms with Gasteiger partial charge in [-0.1, -0.05) is 51.4 Å². The summed E-state index contributed by atoms with van der Waals surface area (Å²) in [6, 6.07) is 10.8. The lowest BCUT2D eigenvalue weighted by Crippen LogP contribution is -2.84. The van der Waals surface area contributed by atoms with E-state index in [-0.39, 0.29) is 12.0 Å². The first-order valence-electron chi connectivity index (χ1n) is 7.02. The van der Waals surface area contributed by atoms with Crippen molar-refractivity contribution in [3.63, 3.8) is 0 Å². The molecule has 2 N–H and O–H groups in total. The number of fused-ring (bicyclic) bond motifs is 2. The largest absolute Gasteiger partial charge is 0.282 e. The van der Waals surface area contributed by atoms with Crippen molar-refractivity contribution in [2.24, 2.45) is 11.0 Å². The first kappa shape index (κ1) is 12.8. The fourth-order valence-electron chi connectivity index (χ4n) is 3.19. The Morgan fingerprint density at radius 2 is 2.05 bits per heavy atom. The minimum atomic E-state index is 0.196. The smallest absolute Gasteiger partial charge is 0.265 e. The van der Waals surface area contributed by atoms with Gasteiger partial charge in [0, 0.05) is 10.1 Å². The Kier molecular flexibility index (Phi) is 2.93. The maximum atomic E-state index is 4.41. The number of nitrogens with zero attached hydrogens (tertiary/aromatic N) is 1. The highest BCUT2D eigenvalue weighted by molar-refractivity contribution is 9.11. The summed E-state index contributed by atoms with van der Waals surface area (Å²) in [5.74, 6) is 1.28. The van der Waals surface area contributed by atoms with Crippen LogP contribution < -0.4 is 10.4 Å². The van der Waals surface area contributed by atoms with Gasteiger partial charge in [-0.2, -0.15) is 5.43 Å². The molecule has 104 valence electrons. The number of hydrogen-bond acceptors (Lipinski definition) is 2. The second kappa shape index (κ2) is 4.81. The van der Waals surface area contributed by atoms with Crippen molar-refractivity contribution in [2.45, 2.75) is 13.0 Å². The number of benzene rings is 1. The number of allylic oxidation sites excluding steroid dienone is 2. The standard InChI is InChI=1S/C17H14BrN3/c1-10-15-16(11-5-3-2-4-6-11)13-9-12(18)7-8-14(13)19-17(15)21-20-10/h2-9,14-15H,1H3,(H,19,21)/p+1/t14-,15+/m0/s1. The molecule has 3 nitrogen and oxygen atoms in total. The van der Waals surface area contributed by atoms with Gasteiger partial charge in [0.05, 0.1) is 5.71 Å². The van der Waals surface area contributed by atoms with Crippen LogP contribution in [-0.2, 0) is 0 Å². The quantitative estimate of drug-likeness (QED) is 0.803. The fraction of sp³-hybridized carbons (Fsp3) is 0.176. The van der Waals surface area contributed by atoms with E-state index in [0.29, 0.717) is 0 Å². The monoisotopic (exact) mass is 340 g/mol. The Morgan fingerprint density at radius 1 is 1.24 bits per heavy atom. The first-order chi connectivity index (χ1) is 10.2. The average molecular weight is 341 g/mol. The molecule has 0 aromatic heterocycles. The van der Waals surface area contributed by atoms with Crippen molar-refractivity contribution in [1.29, 1.82) is 0 Å². The van der Waals surface area contributed by atoms with E-state index in [1.165, 1.54) is 16.7 Å². The van der Waals surface area contributed by atoms with Crippen molar-refractivity contribution in [3.05, 3.63) is 64.2 Å². The molecule has 1 aromatic rings. The molecule has 3 aliphatic rings. The Hall–Kier alpha value is -1.94. The average Bonchev–Trinajstić information content (AvgIpc) is 2.87. The van der Waals surface area contributed by atoms with Crippen LogP contribution in [0.15, 0.2) is 63.7 Å². The minimum absolute atomic E-state index is 0.196. The van der Waals surface area contributed by atoms with E-state index in [1.807, 2.05) is 0 Å². The summed E-state index contributed by atoms with van der Waals surface area (Å²) >= 11 is 3.60. The number of hydrazone groups is 1. The number of halogens is 1. The number of rotatable bonds is 1. The second-order valence-corrected chi connectivity index (χ2v) is 6.37. The Labute approximate surface area is 132 Å². The molecule has 0 saturated heterocycles.